The first kappa shape index (κ1) is 16.1. The number of hydrogen-bond acceptors (Lipinski definition) is 2. The quantitative estimate of drug-likeness (QED) is 0.742. The maximum absolute atomic E-state index is 3.63. The summed E-state index contributed by atoms with van der Waals surface area (Å²) >= 11 is 1.94. The van der Waals surface area contributed by atoms with E-state index in [1.165, 1.54) is 21.6 Å². The molecule has 0 spiro atoms. The fourth-order valence-electron chi connectivity index (χ4n) is 2.52. The zero-order valence-electron chi connectivity index (χ0n) is 13.4. The van der Waals surface area contributed by atoms with E-state index in [2.05, 4.69) is 81.5 Å². The van der Waals surface area contributed by atoms with Crippen LogP contribution in [-0.4, -0.2) is 11.8 Å². The highest BCUT2D eigenvalue weighted by molar-refractivity contribution is 8.00. The molecule has 0 radical (unpaired) electrons. The van der Waals surface area contributed by atoms with Gasteiger partial charge >= 0.3 is 0 Å². The zero-order chi connectivity index (χ0) is 15.2. The highest BCUT2D eigenvalue weighted by Crippen LogP contribution is 2.32. The van der Waals surface area contributed by atoms with Crippen LogP contribution in [0.25, 0.3) is 0 Å². The Kier molecular flexibility index (Phi) is 5.89. The predicted octanol–water partition coefficient (Wildman–Crippen LogP) is 5.13. The molecule has 0 saturated carbocycles. The summed E-state index contributed by atoms with van der Waals surface area (Å²) in [6, 6.07) is 18.0. The fourth-order valence-corrected chi connectivity index (χ4v) is 3.75. The van der Waals surface area contributed by atoms with Gasteiger partial charge in [0.05, 0.1) is 0 Å². The summed E-state index contributed by atoms with van der Waals surface area (Å²) in [5, 5.41) is 4.11. The molecule has 0 aliphatic heterocycles. The Hall–Kier alpha value is -1.25. The van der Waals surface area contributed by atoms with Crippen LogP contribution in [0.5, 0.6) is 0 Å². The molecule has 1 nitrogen and oxygen atoms in total. The van der Waals surface area contributed by atoms with Crippen LogP contribution in [0.15, 0.2) is 53.4 Å². The maximum atomic E-state index is 3.63. The lowest BCUT2D eigenvalue weighted by molar-refractivity contribution is 0.548. The van der Waals surface area contributed by atoms with E-state index in [1.54, 1.807) is 0 Å². The summed E-state index contributed by atoms with van der Waals surface area (Å²) in [7, 11) is 0. The number of rotatable bonds is 6. The molecule has 2 atom stereocenters. The lowest BCUT2D eigenvalue weighted by Gasteiger charge is -2.25. The normalized spacial score (nSPS) is 13.9. The average molecular weight is 299 g/mol. The van der Waals surface area contributed by atoms with Crippen molar-refractivity contribution in [1.29, 1.82) is 0 Å². The minimum Gasteiger partial charge on any atom is -0.309 e. The standard InChI is InChI=1S/C19H25NS/c1-5-20-19(17-11-9-14(2)10-12-17)16(4)21-18-8-6-7-15(3)13-18/h6-13,16,19-20H,5H2,1-4H3. The zero-order valence-corrected chi connectivity index (χ0v) is 14.2. The number of nitrogens with one attached hydrogen (secondary N) is 1. The Balaban J connectivity index is 2.15. The van der Waals surface area contributed by atoms with Gasteiger partial charge in [-0.1, -0.05) is 61.4 Å². The second-order valence-corrected chi connectivity index (χ2v) is 7.04. The Labute approximate surface area is 133 Å². The van der Waals surface area contributed by atoms with Crippen molar-refractivity contribution in [2.24, 2.45) is 0 Å². The third kappa shape index (κ3) is 4.62. The first-order valence-electron chi connectivity index (χ1n) is 7.63. The molecule has 2 aromatic carbocycles. The molecule has 0 aliphatic carbocycles. The molecule has 2 unspecified atom stereocenters. The van der Waals surface area contributed by atoms with E-state index < -0.39 is 0 Å². The van der Waals surface area contributed by atoms with Crippen molar-refractivity contribution >= 4 is 11.8 Å². The van der Waals surface area contributed by atoms with Gasteiger partial charge in [0, 0.05) is 16.2 Å². The number of hydrogen-bond donors (Lipinski definition) is 1. The van der Waals surface area contributed by atoms with E-state index in [9.17, 15) is 0 Å². The van der Waals surface area contributed by atoms with Crippen LogP contribution in [0.4, 0.5) is 0 Å². The van der Waals surface area contributed by atoms with Crippen molar-refractivity contribution in [3.8, 4) is 0 Å². The summed E-state index contributed by atoms with van der Waals surface area (Å²) in [4.78, 5) is 1.34. The van der Waals surface area contributed by atoms with Crippen LogP contribution in [-0.2, 0) is 0 Å². The number of aryl methyl sites for hydroxylation is 2. The smallest absolute Gasteiger partial charge is 0.0441 e. The first-order chi connectivity index (χ1) is 10.1. The molecular weight excluding hydrogens is 274 g/mol. The average Bonchev–Trinajstić information content (AvgIpc) is 2.46. The van der Waals surface area contributed by atoms with Gasteiger partial charge in [-0.2, -0.15) is 0 Å². The second-order valence-electron chi connectivity index (χ2n) is 5.59. The van der Waals surface area contributed by atoms with Gasteiger partial charge in [0.2, 0.25) is 0 Å². The molecule has 112 valence electrons. The van der Waals surface area contributed by atoms with Gasteiger partial charge in [0.25, 0.3) is 0 Å². The topological polar surface area (TPSA) is 12.0 Å². The van der Waals surface area contributed by atoms with Crippen LogP contribution in [0.1, 0.15) is 36.6 Å². The molecule has 0 aromatic heterocycles. The van der Waals surface area contributed by atoms with Crippen molar-refractivity contribution in [2.75, 3.05) is 6.54 Å². The Morgan fingerprint density at radius 2 is 1.71 bits per heavy atom. The SMILES string of the molecule is CCNC(c1ccc(C)cc1)C(C)Sc1cccc(C)c1. The molecule has 0 saturated heterocycles. The molecular formula is C19H25NS. The van der Waals surface area contributed by atoms with Crippen molar-refractivity contribution in [3.63, 3.8) is 0 Å². The molecule has 2 heteroatoms. The van der Waals surface area contributed by atoms with Gasteiger partial charge in [-0.15, -0.1) is 11.8 Å². The summed E-state index contributed by atoms with van der Waals surface area (Å²) in [5.41, 5.74) is 4.01. The van der Waals surface area contributed by atoms with Gasteiger partial charge < -0.3 is 5.32 Å². The van der Waals surface area contributed by atoms with E-state index in [0.717, 1.165) is 6.54 Å². The third-order valence-electron chi connectivity index (χ3n) is 3.64. The lowest BCUT2D eigenvalue weighted by atomic mass is 10.0. The van der Waals surface area contributed by atoms with Gasteiger partial charge in [-0.25, -0.2) is 0 Å². The maximum Gasteiger partial charge on any atom is 0.0441 e. The minimum absolute atomic E-state index is 0.376. The van der Waals surface area contributed by atoms with E-state index in [-0.39, 0.29) is 0 Å². The highest BCUT2D eigenvalue weighted by atomic mass is 32.2. The van der Waals surface area contributed by atoms with Crippen molar-refractivity contribution in [3.05, 3.63) is 65.2 Å². The Morgan fingerprint density at radius 3 is 2.33 bits per heavy atom. The van der Waals surface area contributed by atoms with E-state index in [0.29, 0.717) is 11.3 Å². The molecule has 0 fully saturated rings. The number of thioether (sulfide) groups is 1. The van der Waals surface area contributed by atoms with Crippen LogP contribution in [0.3, 0.4) is 0 Å². The first-order valence-corrected chi connectivity index (χ1v) is 8.51. The van der Waals surface area contributed by atoms with Crippen molar-refractivity contribution < 1.29 is 0 Å². The Bertz CT molecular complexity index is 562. The summed E-state index contributed by atoms with van der Waals surface area (Å²) in [5.74, 6) is 0. The monoisotopic (exact) mass is 299 g/mol. The van der Waals surface area contributed by atoms with E-state index >= 15 is 0 Å². The van der Waals surface area contributed by atoms with Crippen LogP contribution < -0.4 is 5.32 Å². The molecule has 0 aliphatic rings. The second kappa shape index (κ2) is 7.67. The molecule has 21 heavy (non-hydrogen) atoms. The minimum atomic E-state index is 0.376. The van der Waals surface area contributed by atoms with Crippen molar-refractivity contribution in [2.45, 2.75) is 43.9 Å². The molecule has 1 N–H and O–H groups in total. The lowest BCUT2D eigenvalue weighted by Crippen LogP contribution is -2.28. The van der Waals surface area contributed by atoms with Crippen LogP contribution in [0.2, 0.25) is 0 Å². The molecule has 0 bridgehead atoms. The van der Waals surface area contributed by atoms with E-state index in [1.807, 2.05) is 11.8 Å². The molecule has 2 aromatic rings. The molecule has 0 heterocycles. The van der Waals surface area contributed by atoms with E-state index in [4.69, 9.17) is 0 Å². The van der Waals surface area contributed by atoms with Gasteiger partial charge in [0.1, 0.15) is 0 Å². The predicted molar refractivity (Wildman–Crippen MR) is 94.1 cm³/mol. The highest BCUT2D eigenvalue weighted by Gasteiger charge is 2.19. The van der Waals surface area contributed by atoms with Crippen molar-refractivity contribution in [1.82, 2.24) is 5.32 Å². The largest absolute Gasteiger partial charge is 0.309 e. The van der Waals surface area contributed by atoms with Gasteiger partial charge in [0.15, 0.2) is 0 Å². The number of benzene rings is 2. The summed E-state index contributed by atoms with van der Waals surface area (Å²) in [6.07, 6.45) is 0. The van der Waals surface area contributed by atoms with Crippen LogP contribution in [0, 0.1) is 13.8 Å². The molecule has 0 amide bonds. The molecule has 2 rings (SSSR count). The fraction of sp³-hybridized carbons (Fsp3) is 0.368. The summed E-state index contributed by atoms with van der Waals surface area (Å²) in [6.45, 7) is 9.75. The van der Waals surface area contributed by atoms with Crippen LogP contribution >= 0.6 is 11.8 Å². The van der Waals surface area contributed by atoms with Gasteiger partial charge in [-0.3, -0.25) is 0 Å². The Morgan fingerprint density at radius 1 is 1.00 bits per heavy atom. The third-order valence-corrected chi connectivity index (χ3v) is 4.81. The van der Waals surface area contributed by atoms with Gasteiger partial charge in [-0.05, 0) is 38.1 Å². The summed E-state index contributed by atoms with van der Waals surface area (Å²) < 4.78 is 0.